The Hall–Kier alpha value is -1.45. The van der Waals surface area contributed by atoms with Crippen molar-refractivity contribution in [3.63, 3.8) is 0 Å². The summed E-state index contributed by atoms with van der Waals surface area (Å²) in [7, 11) is 0. The Bertz CT molecular complexity index is 440. The number of amidine groups is 1. The molecule has 0 saturated carbocycles. The Morgan fingerprint density at radius 3 is 2.36 bits per heavy atom. The lowest BCUT2D eigenvalue weighted by Crippen LogP contribution is -2.36. The minimum Gasteiger partial charge on any atom is -0.366 e. The average molecular weight is 305 g/mol. The summed E-state index contributed by atoms with van der Waals surface area (Å²) in [4.78, 5) is 20.8. The van der Waals surface area contributed by atoms with E-state index in [1.165, 1.54) is 32.1 Å². The second-order valence-corrected chi connectivity index (χ2v) is 6.17. The Morgan fingerprint density at radius 1 is 1.14 bits per heavy atom. The largest absolute Gasteiger partial charge is 0.366 e. The number of unbranched alkanes of at least 4 members (excludes halogenated alkanes) is 6. The highest BCUT2D eigenvalue weighted by atomic mass is 16.1. The zero-order chi connectivity index (χ0) is 16.4. The molecule has 0 aliphatic carbocycles. The molecule has 0 spiro atoms. The molecule has 1 unspecified atom stereocenters. The highest BCUT2D eigenvalue weighted by Crippen LogP contribution is 2.30. The maximum atomic E-state index is 11.6. The molecule has 0 fully saturated rings. The van der Waals surface area contributed by atoms with Crippen molar-refractivity contribution >= 4 is 18.0 Å². The van der Waals surface area contributed by atoms with Gasteiger partial charge in [-0.2, -0.15) is 0 Å². The predicted octanol–water partition coefficient (Wildman–Crippen LogP) is 4.19. The summed E-state index contributed by atoms with van der Waals surface area (Å²) >= 11 is 0. The molecule has 2 N–H and O–H groups in total. The molecule has 1 atom stereocenters. The Balaban J connectivity index is 2.68. The highest BCUT2D eigenvalue weighted by molar-refractivity contribution is 6.06. The molecule has 124 valence electrons. The molecule has 22 heavy (non-hydrogen) atoms. The van der Waals surface area contributed by atoms with E-state index in [-0.39, 0.29) is 0 Å². The summed E-state index contributed by atoms with van der Waals surface area (Å²) in [6.45, 7) is 8.26. The van der Waals surface area contributed by atoms with E-state index in [0.29, 0.717) is 5.57 Å². The number of aliphatic imine (C=N–C) groups is 2. The van der Waals surface area contributed by atoms with Crippen LogP contribution in [-0.2, 0) is 4.79 Å². The molecule has 4 heteroatoms. The lowest BCUT2D eigenvalue weighted by molar-refractivity contribution is -0.114. The summed E-state index contributed by atoms with van der Waals surface area (Å²) in [6, 6.07) is 0. The van der Waals surface area contributed by atoms with Gasteiger partial charge in [0, 0.05) is 18.2 Å². The average Bonchev–Trinajstić information content (AvgIpc) is 2.92. The van der Waals surface area contributed by atoms with Crippen molar-refractivity contribution < 1.29 is 4.79 Å². The lowest BCUT2D eigenvalue weighted by Gasteiger charge is -2.23. The molecule has 1 amide bonds. The second kappa shape index (κ2) is 9.54. The number of carbonyl (C=O) groups excluding carboxylic acids is 1. The Kier molecular flexibility index (Phi) is 8.07. The van der Waals surface area contributed by atoms with E-state index in [1.54, 1.807) is 6.21 Å². The van der Waals surface area contributed by atoms with E-state index >= 15 is 0 Å². The van der Waals surface area contributed by atoms with Crippen molar-refractivity contribution in [2.75, 3.05) is 0 Å². The minimum absolute atomic E-state index is 0.372. The minimum atomic E-state index is -0.681. The van der Waals surface area contributed by atoms with Crippen LogP contribution >= 0.6 is 0 Å². The molecule has 0 saturated heterocycles. The summed E-state index contributed by atoms with van der Waals surface area (Å²) in [5.41, 5.74) is 5.14. The van der Waals surface area contributed by atoms with Gasteiger partial charge in [0.25, 0.3) is 0 Å². The number of carbonyl (C=O) groups is 1. The monoisotopic (exact) mass is 305 g/mol. The van der Waals surface area contributed by atoms with Gasteiger partial charge in [0.05, 0.1) is 0 Å². The van der Waals surface area contributed by atoms with Gasteiger partial charge < -0.3 is 5.73 Å². The first-order valence-electron chi connectivity index (χ1n) is 8.69. The van der Waals surface area contributed by atoms with Crippen molar-refractivity contribution in [2.24, 2.45) is 15.7 Å². The van der Waals surface area contributed by atoms with Crippen LogP contribution in [0.5, 0.6) is 0 Å². The van der Waals surface area contributed by atoms with Crippen LogP contribution < -0.4 is 5.73 Å². The van der Waals surface area contributed by atoms with Gasteiger partial charge in [-0.1, -0.05) is 65.4 Å². The number of nitrogens with zero attached hydrogens (tertiary/aromatic N) is 2. The van der Waals surface area contributed by atoms with E-state index < -0.39 is 11.4 Å². The van der Waals surface area contributed by atoms with Gasteiger partial charge in [0.2, 0.25) is 5.91 Å². The topological polar surface area (TPSA) is 67.8 Å². The third kappa shape index (κ3) is 5.39. The van der Waals surface area contributed by atoms with Crippen LogP contribution in [0.15, 0.2) is 22.1 Å². The third-order valence-corrected chi connectivity index (χ3v) is 4.24. The smallest absolute Gasteiger partial charge is 0.246 e. The normalized spacial score (nSPS) is 20.2. The predicted molar refractivity (Wildman–Crippen MR) is 94.5 cm³/mol. The second-order valence-electron chi connectivity index (χ2n) is 6.17. The molecule has 0 radical (unpaired) electrons. The Labute approximate surface area is 135 Å². The van der Waals surface area contributed by atoms with E-state index in [4.69, 9.17) is 10.7 Å². The van der Waals surface area contributed by atoms with E-state index in [2.05, 4.69) is 25.4 Å². The Morgan fingerprint density at radius 2 is 1.77 bits per heavy atom. The fraction of sp³-hybridized carbons (Fsp3) is 0.722. The van der Waals surface area contributed by atoms with Crippen molar-refractivity contribution in [2.45, 2.75) is 83.6 Å². The molecule has 4 nitrogen and oxygen atoms in total. The number of hydrogen-bond donors (Lipinski definition) is 1. The lowest BCUT2D eigenvalue weighted by atomic mass is 9.86. The van der Waals surface area contributed by atoms with Crippen LogP contribution in [0, 0.1) is 0 Å². The fourth-order valence-corrected chi connectivity index (χ4v) is 2.75. The standard InChI is InChI=1S/C18H31N3O/c1-4-6-8-10-12-16-20-14-18(21-16,15(3)17(19)22)13-11-9-7-5-2/h14H,3-13H2,1-2H3,(H2,19,22). The van der Waals surface area contributed by atoms with Crippen molar-refractivity contribution in [1.82, 2.24) is 0 Å². The van der Waals surface area contributed by atoms with Crippen LogP contribution in [0.4, 0.5) is 0 Å². The maximum absolute atomic E-state index is 11.6. The number of primary amides is 1. The van der Waals surface area contributed by atoms with E-state index in [0.717, 1.165) is 37.9 Å². The van der Waals surface area contributed by atoms with Gasteiger partial charge in [0.15, 0.2) is 0 Å². The number of hydrogen-bond acceptors (Lipinski definition) is 3. The molecule has 0 aromatic carbocycles. The van der Waals surface area contributed by atoms with Gasteiger partial charge in [-0.3, -0.25) is 9.79 Å². The van der Waals surface area contributed by atoms with Crippen molar-refractivity contribution in [3.8, 4) is 0 Å². The fourth-order valence-electron chi connectivity index (χ4n) is 2.75. The summed E-state index contributed by atoms with van der Waals surface area (Å²) in [5, 5.41) is 0. The summed E-state index contributed by atoms with van der Waals surface area (Å²) in [6.07, 6.45) is 12.7. The van der Waals surface area contributed by atoms with Gasteiger partial charge >= 0.3 is 0 Å². The summed E-state index contributed by atoms with van der Waals surface area (Å²) < 4.78 is 0. The zero-order valence-electron chi connectivity index (χ0n) is 14.2. The molecule has 0 aromatic rings. The molecule has 1 rings (SSSR count). The first kappa shape index (κ1) is 18.6. The summed E-state index contributed by atoms with van der Waals surface area (Å²) in [5.74, 6) is 0.368. The van der Waals surface area contributed by atoms with Crippen LogP contribution in [0.1, 0.15) is 78.1 Å². The SMILES string of the molecule is C=C(C(N)=O)C1(CCCCCC)C=NC(CCCCCC)=N1. The van der Waals surface area contributed by atoms with Crippen molar-refractivity contribution in [3.05, 3.63) is 12.2 Å². The zero-order valence-corrected chi connectivity index (χ0v) is 14.2. The van der Waals surface area contributed by atoms with Crippen LogP contribution in [-0.4, -0.2) is 23.5 Å². The highest BCUT2D eigenvalue weighted by Gasteiger charge is 2.36. The van der Waals surface area contributed by atoms with Crippen LogP contribution in [0.25, 0.3) is 0 Å². The molecule has 1 aliphatic heterocycles. The van der Waals surface area contributed by atoms with Gasteiger partial charge in [-0.05, 0) is 12.8 Å². The molecule has 1 heterocycles. The third-order valence-electron chi connectivity index (χ3n) is 4.24. The number of nitrogens with two attached hydrogens (primary N) is 1. The van der Waals surface area contributed by atoms with E-state index in [9.17, 15) is 4.79 Å². The first-order valence-corrected chi connectivity index (χ1v) is 8.69. The van der Waals surface area contributed by atoms with Gasteiger partial charge in [-0.15, -0.1) is 0 Å². The molecular formula is C18H31N3O. The van der Waals surface area contributed by atoms with Crippen LogP contribution in [0.2, 0.25) is 0 Å². The molecule has 0 bridgehead atoms. The first-order chi connectivity index (χ1) is 10.6. The molecule has 0 aromatic heterocycles. The molecular weight excluding hydrogens is 274 g/mol. The van der Waals surface area contributed by atoms with Crippen LogP contribution in [0.3, 0.4) is 0 Å². The van der Waals surface area contributed by atoms with Crippen molar-refractivity contribution in [1.29, 1.82) is 0 Å². The number of rotatable bonds is 12. The maximum Gasteiger partial charge on any atom is 0.246 e. The molecule has 1 aliphatic rings. The van der Waals surface area contributed by atoms with Gasteiger partial charge in [-0.25, -0.2) is 4.99 Å². The quantitative estimate of drug-likeness (QED) is 0.426. The van der Waals surface area contributed by atoms with E-state index in [1.807, 2.05) is 0 Å². The number of amides is 1. The van der Waals surface area contributed by atoms with Gasteiger partial charge in [0.1, 0.15) is 11.4 Å².